The van der Waals surface area contributed by atoms with E-state index in [1.165, 1.54) is 0 Å². The average Bonchev–Trinajstić information content (AvgIpc) is 2.77. The lowest BCUT2D eigenvalue weighted by atomic mass is 10.2. The van der Waals surface area contributed by atoms with E-state index in [-0.39, 0.29) is 0 Å². The third kappa shape index (κ3) is 2.82. The summed E-state index contributed by atoms with van der Waals surface area (Å²) in [5, 5.41) is 12.8. The zero-order chi connectivity index (χ0) is 13.0. The van der Waals surface area contributed by atoms with Crippen LogP contribution < -0.4 is 5.32 Å². The molecule has 2 rings (SSSR count). The number of anilines is 1. The summed E-state index contributed by atoms with van der Waals surface area (Å²) in [7, 11) is 1.96. The molecule has 0 spiro atoms. The average molecular weight is 261 g/mol. The fourth-order valence-corrected chi connectivity index (χ4v) is 1.88. The van der Waals surface area contributed by atoms with Gasteiger partial charge < -0.3 is 9.88 Å². The minimum atomic E-state index is 0.558. The predicted molar refractivity (Wildman–Crippen MR) is 71.6 cm³/mol. The third-order valence-electron chi connectivity index (χ3n) is 2.69. The Morgan fingerprint density at radius 2 is 2.33 bits per heavy atom. The van der Waals surface area contributed by atoms with E-state index < -0.39 is 0 Å². The van der Waals surface area contributed by atoms with Crippen molar-refractivity contribution in [3.63, 3.8) is 0 Å². The molecule has 0 aliphatic carbocycles. The van der Waals surface area contributed by atoms with Crippen LogP contribution in [-0.2, 0) is 13.5 Å². The number of aryl methyl sites for hydroxylation is 1. The number of hydrogen-bond acceptors (Lipinski definition) is 3. The van der Waals surface area contributed by atoms with Gasteiger partial charge in [0.05, 0.1) is 11.3 Å². The predicted octanol–water partition coefficient (Wildman–Crippen LogP) is 2.60. The number of imidazole rings is 1. The molecule has 0 bridgehead atoms. The highest BCUT2D eigenvalue weighted by Gasteiger charge is 2.03. The molecule has 0 aliphatic heterocycles. The molecule has 0 saturated heterocycles. The Kier molecular flexibility index (Phi) is 3.85. The first kappa shape index (κ1) is 12.5. The second-order valence-electron chi connectivity index (χ2n) is 3.93. The van der Waals surface area contributed by atoms with Gasteiger partial charge in [0.25, 0.3) is 0 Å². The molecule has 1 N–H and O–H groups in total. The molecule has 1 heterocycles. The van der Waals surface area contributed by atoms with Gasteiger partial charge in [-0.1, -0.05) is 11.6 Å². The number of nitrogens with zero attached hydrogens (tertiary/aromatic N) is 3. The summed E-state index contributed by atoms with van der Waals surface area (Å²) >= 11 is 5.84. The number of halogens is 1. The first-order valence-corrected chi connectivity index (χ1v) is 5.98. The molecule has 0 fully saturated rings. The van der Waals surface area contributed by atoms with Crippen molar-refractivity contribution in [3.05, 3.63) is 47.0 Å². The van der Waals surface area contributed by atoms with Crippen molar-refractivity contribution < 1.29 is 0 Å². The molecule has 5 heteroatoms. The summed E-state index contributed by atoms with van der Waals surface area (Å²) in [5.41, 5.74) is 1.36. The fraction of sp³-hybridized carbons (Fsp3) is 0.231. The van der Waals surface area contributed by atoms with E-state index in [4.69, 9.17) is 16.9 Å². The van der Waals surface area contributed by atoms with Crippen LogP contribution in [0.1, 0.15) is 11.4 Å². The smallest absolute Gasteiger partial charge is 0.110 e. The molecule has 0 atom stereocenters. The molecule has 2 aromatic rings. The Labute approximate surface area is 111 Å². The maximum absolute atomic E-state index is 9.01. The minimum absolute atomic E-state index is 0.558. The van der Waals surface area contributed by atoms with E-state index in [0.29, 0.717) is 10.6 Å². The number of nitrogens with one attached hydrogen (secondary N) is 1. The van der Waals surface area contributed by atoms with Gasteiger partial charge in [-0.05, 0) is 18.2 Å². The van der Waals surface area contributed by atoms with E-state index in [9.17, 15) is 0 Å². The topological polar surface area (TPSA) is 53.6 Å². The van der Waals surface area contributed by atoms with Crippen LogP contribution >= 0.6 is 11.6 Å². The normalized spacial score (nSPS) is 10.1. The lowest BCUT2D eigenvalue weighted by molar-refractivity contribution is 0.789. The van der Waals surface area contributed by atoms with Crippen LogP contribution in [0.2, 0.25) is 5.02 Å². The summed E-state index contributed by atoms with van der Waals surface area (Å²) in [6.07, 6.45) is 4.49. The van der Waals surface area contributed by atoms with E-state index >= 15 is 0 Å². The minimum Gasteiger partial charge on any atom is -0.384 e. The third-order valence-corrected chi connectivity index (χ3v) is 2.92. The number of aromatic nitrogens is 2. The standard InChI is InChI=1S/C13H13ClN4/c1-18-7-6-17-13(18)4-5-16-12-3-2-11(14)8-10(12)9-15/h2-3,6-8,16H,4-5H2,1H3. The van der Waals surface area contributed by atoms with Gasteiger partial charge >= 0.3 is 0 Å². The summed E-state index contributed by atoms with van der Waals surface area (Å²) < 4.78 is 1.98. The summed E-state index contributed by atoms with van der Waals surface area (Å²) in [5.74, 6) is 1.01. The van der Waals surface area contributed by atoms with E-state index in [1.54, 1.807) is 18.3 Å². The SMILES string of the molecule is Cn1ccnc1CCNc1ccc(Cl)cc1C#N. The van der Waals surface area contributed by atoms with Crippen LogP contribution in [0.4, 0.5) is 5.69 Å². The van der Waals surface area contributed by atoms with E-state index in [0.717, 1.165) is 24.5 Å². The lowest BCUT2D eigenvalue weighted by Gasteiger charge is -2.08. The maximum atomic E-state index is 9.01. The number of nitriles is 1. The second-order valence-corrected chi connectivity index (χ2v) is 4.37. The number of hydrogen-bond donors (Lipinski definition) is 1. The van der Waals surface area contributed by atoms with Gasteiger partial charge in [-0.15, -0.1) is 0 Å². The molecule has 0 aliphatic rings. The van der Waals surface area contributed by atoms with Crippen LogP contribution in [-0.4, -0.2) is 16.1 Å². The maximum Gasteiger partial charge on any atom is 0.110 e. The summed E-state index contributed by atoms with van der Waals surface area (Å²) in [6.45, 7) is 0.723. The Bertz CT molecular complexity index is 583. The zero-order valence-corrected chi connectivity index (χ0v) is 10.8. The Hall–Kier alpha value is -1.99. The van der Waals surface area contributed by atoms with Crippen molar-refractivity contribution in [2.24, 2.45) is 7.05 Å². The first-order valence-electron chi connectivity index (χ1n) is 5.60. The molecular weight excluding hydrogens is 248 g/mol. The van der Waals surface area contributed by atoms with Crippen molar-refractivity contribution in [3.8, 4) is 6.07 Å². The monoisotopic (exact) mass is 260 g/mol. The molecule has 4 nitrogen and oxygen atoms in total. The van der Waals surface area contributed by atoms with Gasteiger partial charge in [-0.2, -0.15) is 5.26 Å². The van der Waals surface area contributed by atoms with Gasteiger partial charge in [0.2, 0.25) is 0 Å². The van der Waals surface area contributed by atoms with Crippen molar-refractivity contribution in [1.29, 1.82) is 5.26 Å². The van der Waals surface area contributed by atoms with Crippen LogP contribution in [0.15, 0.2) is 30.6 Å². The second kappa shape index (κ2) is 5.56. The van der Waals surface area contributed by atoms with E-state index in [1.807, 2.05) is 23.9 Å². The zero-order valence-electron chi connectivity index (χ0n) is 10.0. The molecular formula is C13H13ClN4. The summed E-state index contributed by atoms with van der Waals surface area (Å²) in [6, 6.07) is 7.37. The van der Waals surface area contributed by atoms with Crippen molar-refractivity contribution in [2.45, 2.75) is 6.42 Å². The van der Waals surface area contributed by atoms with Gasteiger partial charge in [0.15, 0.2) is 0 Å². The molecule has 1 aromatic heterocycles. The largest absolute Gasteiger partial charge is 0.384 e. The summed E-state index contributed by atoms with van der Waals surface area (Å²) in [4.78, 5) is 4.24. The Morgan fingerprint density at radius 1 is 1.50 bits per heavy atom. The highest BCUT2D eigenvalue weighted by atomic mass is 35.5. The first-order chi connectivity index (χ1) is 8.70. The van der Waals surface area contributed by atoms with Crippen molar-refractivity contribution in [2.75, 3.05) is 11.9 Å². The van der Waals surface area contributed by atoms with Crippen LogP contribution in [0, 0.1) is 11.3 Å². The highest BCUT2D eigenvalue weighted by molar-refractivity contribution is 6.30. The molecule has 18 heavy (non-hydrogen) atoms. The van der Waals surface area contributed by atoms with Crippen molar-refractivity contribution >= 4 is 17.3 Å². The molecule has 92 valence electrons. The van der Waals surface area contributed by atoms with Crippen LogP contribution in [0.5, 0.6) is 0 Å². The van der Waals surface area contributed by atoms with Crippen LogP contribution in [0.3, 0.4) is 0 Å². The lowest BCUT2D eigenvalue weighted by Crippen LogP contribution is -2.09. The van der Waals surface area contributed by atoms with Gasteiger partial charge in [-0.3, -0.25) is 0 Å². The fourth-order valence-electron chi connectivity index (χ4n) is 1.71. The number of rotatable bonds is 4. The molecule has 1 aromatic carbocycles. The van der Waals surface area contributed by atoms with Gasteiger partial charge in [0.1, 0.15) is 11.9 Å². The van der Waals surface area contributed by atoms with Crippen molar-refractivity contribution in [1.82, 2.24) is 9.55 Å². The Morgan fingerprint density at radius 3 is 3.00 bits per heavy atom. The molecule has 0 saturated carbocycles. The molecule has 0 amide bonds. The molecule has 0 radical (unpaired) electrons. The van der Waals surface area contributed by atoms with Gasteiger partial charge in [0, 0.05) is 37.4 Å². The highest BCUT2D eigenvalue weighted by Crippen LogP contribution is 2.19. The quantitative estimate of drug-likeness (QED) is 0.919. The van der Waals surface area contributed by atoms with E-state index in [2.05, 4.69) is 16.4 Å². The number of benzene rings is 1. The Balaban J connectivity index is 1.99. The molecule has 0 unspecified atom stereocenters. The van der Waals surface area contributed by atoms with Gasteiger partial charge in [-0.25, -0.2) is 4.98 Å². The van der Waals surface area contributed by atoms with Crippen LogP contribution in [0.25, 0.3) is 0 Å².